The molecule has 10 aromatic carbocycles. The van der Waals surface area contributed by atoms with Gasteiger partial charge in [-0.2, -0.15) is 0 Å². The number of aliphatic hydroxyl groups is 1. The Morgan fingerprint density at radius 1 is 0.362 bits per heavy atom. The number of hydrogen-bond donors (Lipinski definition) is 1. The highest BCUT2D eigenvalue weighted by Gasteiger charge is 2.46. The Hall–Kier alpha value is -7.13. The lowest BCUT2D eigenvalue weighted by molar-refractivity contribution is 0.104. The minimum Gasteiger partial charge on any atom is -0.455 e. The molecule has 2 heterocycles. The molecule has 4 nitrogen and oxygen atoms in total. The van der Waals surface area contributed by atoms with Crippen molar-refractivity contribution in [1.82, 2.24) is 0 Å². The Kier molecular flexibility index (Phi) is 10.9. The number of ketones is 1. The van der Waals surface area contributed by atoms with Gasteiger partial charge in [-0.25, -0.2) is 0 Å². The molecule has 0 fully saturated rings. The molecule has 0 saturated carbocycles. The van der Waals surface area contributed by atoms with Crippen LogP contribution in [-0.2, 0) is 5.60 Å². The predicted octanol–water partition coefficient (Wildman–Crippen LogP) is 18.0. The summed E-state index contributed by atoms with van der Waals surface area (Å²) in [6, 6.07) is 72.8. The van der Waals surface area contributed by atoms with Gasteiger partial charge in [0.05, 0.1) is 0 Å². The van der Waals surface area contributed by atoms with Gasteiger partial charge in [0.2, 0.25) is 0 Å². The molecule has 0 amide bonds. The molecule has 330 valence electrons. The van der Waals surface area contributed by atoms with Crippen LogP contribution >= 0.6 is 47.8 Å². The molecule has 12 aromatic rings. The SMILES string of the molecule is Brc1ccccc1-c1ccccc1.O=C1c2ccccc2-c2c1cc(Br)c1c2oc2ccccc21.OC1(c2ccccc2-c2ccccc2)c2ccccc2-c2c1cc(Br)c1c2oc2ccccc21. The second-order valence-electron chi connectivity index (χ2n) is 17.1. The first kappa shape index (κ1) is 43.2. The van der Waals surface area contributed by atoms with Crippen molar-refractivity contribution in [2.45, 2.75) is 5.60 Å². The van der Waals surface area contributed by atoms with Crippen LogP contribution < -0.4 is 0 Å². The molecule has 69 heavy (non-hydrogen) atoms. The van der Waals surface area contributed by atoms with Gasteiger partial charge in [0.15, 0.2) is 5.78 Å². The normalized spacial score (nSPS) is 14.2. The molecule has 0 bridgehead atoms. The van der Waals surface area contributed by atoms with E-state index in [-0.39, 0.29) is 5.78 Å². The summed E-state index contributed by atoms with van der Waals surface area (Å²) in [5.74, 6) is 0.0636. The summed E-state index contributed by atoms with van der Waals surface area (Å²) in [4.78, 5) is 12.6. The summed E-state index contributed by atoms with van der Waals surface area (Å²) in [6.45, 7) is 0. The largest absolute Gasteiger partial charge is 0.455 e. The summed E-state index contributed by atoms with van der Waals surface area (Å²) in [7, 11) is 0. The number of carbonyl (C=O) groups is 1. The van der Waals surface area contributed by atoms with Crippen molar-refractivity contribution >= 4 is 97.5 Å². The van der Waals surface area contributed by atoms with E-state index in [2.05, 4.69) is 121 Å². The highest BCUT2D eigenvalue weighted by Crippen LogP contribution is 2.57. The monoisotopic (exact) mass is 1080 g/mol. The molecule has 0 spiro atoms. The number of rotatable bonds is 3. The number of carbonyl (C=O) groups excluding carboxylic acids is 1. The van der Waals surface area contributed by atoms with Crippen molar-refractivity contribution in [3.63, 3.8) is 0 Å². The van der Waals surface area contributed by atoms with Gasteiger partial charge < -0.3 is 13.9 Å². The lowest BCUT2D eigenvalue weighted by atomic mass is 9.80. The molecular formula is C62H37Br3O4. The number of halogens is 3. The van der Waals surface area contributed by atoms with Crippen LogP contribution in [0.3, 0.4) is 0 Å². The highest BCUT2D eigenvalue weighted by molar-refractivity contribution is 9.11. The van der Waals surface area contributed by atoms with E-state index in [1.807, 2.05) is 146 Å². The molecule has 2 aliphatic rings. The number of hydrogen-bond acceptors (Lipinski definition) is 4. The van der Waals surface area contributed by atoms with Gasteiger partial charge in [-0.3, -0.25) is 4.79 Å². The Morgan fingerprint density at radius 3 is 1.41 bits per heavy atom. The number of para-hydroxylation sites is 2. The van der Waals surface area contributed by atoms with Crippen LogP contribution in [0.1, 0.15) is 32.6 Å². The van der Waals surface area contributed by atoms with Crippen molar-refractivity contribution in [1.29, 1.82) is 0 Å². The van der Waals surface area contributed by atoms with Gasteiger partial charge in [-0.1, -0.05) is 204 Å². The smallest absolute Gasteiger partial charge is 0.194 e. The Balaban J connectivity index is 0.000000120. The van der Waals surface area contributed by atoms with Crippen LogP contribution in [-0.4, -0.2) is 10.9 Å². The van der Waals surface area contributed by atoms with Gasteiger partial charge in [-0.05, 0) is 95.6 Å². The summed E-state index contributed by atoms with van der Waals surface area (Å²) in [6.07, 6.45) is 0. The molecule has 0 aliphatic heterocycles. The van der Waals surface area contributed by atoms with Crippen molar-refractivity contribution in [3.8, 4) is 44.5 Å². The third-order valence-corrected chi connectivity index (χ3v) is 15.2. The summed E-state index contributed by atoms with van der Waals surface area (Å²) in [5, 5.41) is 16.9. The summed E-state index contributed by atoms with van der Waals surface area (Å²) < 4.78 is 15.5. The maximum Gasteiger partial charge on any atom is 0.194 e. The highest BCUT2D eigenvalue weighted by atomic mass is 79.9. The minimum absolute atomic E-state index is 0.0636. The summed E-state index contributed by atoms with van der Waals surface area (Å²) in [5.41, 5.74) is 14.3. The number of benzene rings is 10. The fraction of sp³-hybridized carbons (Fsp3) is 0.0161. The molecule has 0 radical (unpaired) electrons. The topological polar surface area (TPSA) is 63.6 Å². The molecule has 1 unspecified atom stereocenters. The maximum absolute atomic E-state index is 12.7. The third-order valence-electron chi connectivity index (χ3n) is 13.2. The average Bonchev–Trinajstić information content (AvgIpc) is 4.13. The second-order valence-corrected chi connectivity index (χ2v) is 19.6. The van der Waals surface area contributed by atoms with E-state index >= 15 is 0 Å². The van der Waals surface area contributed by atoms with Crippen LogP contribution in [0.4, 0.5) is 0 Å². The van der Waals surface area contributed by atoms with Crippen LogP contribution in [0, 0.1) is 0 Å². The first-order valence-electron chi connectivity index (χ1n) is 22.5. The zero-order valence-corrected chi connectivity index (χ0v) is 41.3. The van der Waals surface area contributed by atoms with E-state index in [4.69, 9.17) is 8.83 Å². The van der Waals surface area contributed by atoms with E-state index < -0.39 is 5.60 Å². The van der Waals surface area contributed by atoms with E-state index in [9.17, 15) is 9.90 Å². The van der Waals surface area contributed by atoms with Crippen molar-refractivity contribution in [2.24, 2.45) is 0 Å². The molecule has 2 aromatic heterocycles. The van der Waals surface area contributed by atoms with E-state index in [0.717, 1.165) is 113 Å². The Morgan fingerprint density at radius 2 is 0.797 bits per heavy atom. The zero-order chi connectivity index (χ0) is 46.8. The maximum atomic E-state index is 12.7. The average molecular weight is 1090 g/mol. The van der Waals surface area contributed by atoms with E-state index in [1.54, 1.807) is 0 Å². The van der Waals surface area contributed by atoms with Crippen molar-refractivity contribution in [3.05, 3.63) is 260 Å². The van der Waals surface area contributed by atoms with Crippen molar-refractivity contribution < 1.29 is 18.7 Å². The molecule has 1 atom stereocenters. The molecule has 1 N–H and O–H groups in total. The van der Waals surface area contributed by atoms with Gasteiger partial charge in [0.25, 0.3) is 0 Å². The molecule has 0 saturated heterocycles. The Bertz CT molecular complexity index is 3990. The third kappa shape index (κ3) is 7.06. The van der Waals surface area contributed by atoms with Gasteiger partial charge in [0.1, 0.15) is 27.9 Å². The van der Waals surface area contributed by atoms with Gasteiger partial charge in [0, 0.05) is 73.9 Å². The van der Waals surface area contributed by atoms with Crippen LogP contribution in [0.15, 0.2) is 241 Å². The van der Waals surface area contributed by atoms with Crippen LogP contribution in [0.2, 0.25) is 0 Å². The van der Waals surface area contributed by atoms with Gasteiger partial charge in [-0.15, -0.1) is 0 Å². The van der Waals surface area contributed by atoms with E-state index in [1.165, 1.54) is 11.1 Å². The van der Waals surface area contributed by atoms with E-state index in [0.29, 0.717) is 5.56 Å². The number of fused-ring (bicyclic) bond motifs is 14. The first-order valence-corrected chi connectivity index (χ1v) is 24.9. The lowest BCUT2D eigenvalue weighted by Crippen LogP contribution is -2.27. The molecule has 2 aliphatic carbocycles. The fourth-order valence-corrected chi connectivity index (χ4v) is 11.9. The standard InChI is InChI=1S/C31H19BrO2.C19H9BrO2.C12H9Br/c32-26-18-25-28(30-29(26)22-14-6-9-17-27(22)34-30)21-13-5-8-16-24(21)31(25,33)23-15-7-4-12-20(23)19-10-2-1-3-11-19;20-14-9-13-16(10-5-1-2-6-11(10)18(13)21)19-17(14)12-7-3-4-8-15(12)22-19;13-12-9-5-4-8-11(12)10-6-2-1-3-7-10/h1-18,33H;1-9H;1-9H. The minimum atomic E-state index is -1.33. The van der Waals surface area contributed by atoms with Crippen molar-refractivity contribution in [2.75, 3.05) is 0 Å². The zero-order valence-electron chi connectivity index (χ0n) is 36.6. The van der Waals surface area contributed by atoms with Gasteiger partial charge >= 0.3 is 0 Å². The fourth-order valence-electron chi connectivity index (χ4n) is 10.2. The first-order chi connectivity index (χ1) is 33.8. The molecule has 14 rings (SSSR count). The van der Waals surface area contributed by atoms with Crippen LogP contribution in [0.25, 0.3) is 88.4 Å². The van der Waals surface area contributed by atoms with Crippen LogP contribution in [0.5, 0.6) is 0 Å². The second kappa shape index (κ2) is 17.4. The number of furan rings is 2. The molecular weight excluding hydrogens is 1050 g/mol. The summed E-state index contributed by atoms with van der Waals surface area (Å²) >= 11 is 11.0. The lowest BCUT2D eigenvalue weighted by Gasteiger charge is -2.29. The molecule has 7 heteroatoms. The quantitative estimate of drug-likeness (QED) is 0.191. The predicted molar refractivity (Wildman–Crippen MR) is 291 cm³/mol. The Labute approximate surface area is 422 Å².